The third kappa shape index (κ3) is 26.7. The molecule has 67 heavy (non-hydrogen) atoms. The van der Waals surface area contributed by atoms with Gasteiger partial charge in [-0.2, -0.15) is 0 Å². The Morgan fingerprint density at radius 2 is 1.16 bits per heavy atom. The molecule has 0 heterocycles. The molecule has 0 aromatic carbocycles. The summed E-state index contributed by atoms with van der Waals surface area (Å²) in [5.41, 5.74) is 7.42. The molecular formula is C56H91N3O8. The Bertz CT molecular complexity index is 1650. The highest BCUT2D eigenvalue weighted by Gasteiger charge is 2.34. The van der Waals surface area contributed by atoms with E-state index in [-0.39, 0.29) is 48.2 Å². The Labute approximate surface area is 406 Å². The average Bonchev–Trinajstić information content (AvgIpc) is 3.32. The van der Waals surface area contributed by atoms with Crippen molar-refractivity contribution in [2.45, 2.75) is 201 Å². The van der Waals surface area contributed by atoms with Crippen LogP contribution in [0.3, 0.4) is 0 Å². The molecule has 5 N–H and O–H groups in total. The number of carboxylic acids is 1. The lowest BCUT2D eigenvalue weighted by Crippen LogP contribution is -2.47. The van der Waals surface area contributed by atoms with Gasteiger partial charge in [0.1, 0.15) is 6.04 Å². The summed E-state index contributed by atoms with van der Waals surface area (Å²) in [5.74, 6) is -0.765. The van der Waals surface area contributed by atoms with Crippen molar-refractivity contribution in [2.75, 3.05) is 13.7 Å². The van der Waals surface area contributed by atoms with Gasteiger partial charge in [0.2, 0.25) is 11.8 Å². The van der Waals surface area contributed by atoms with Crippen molar-refractivity contribution in [2.24, 2.45) is 23.5 Å². The van der Waals surface area contributed by atoms with E-state index in [1.807, 2.05) is 25.2 Å². The van der Waals surface area contributed by atoms with Crippen molar-refractivity contribution in [3.8, 4) is 0 Å². The first-order valence-corrected chi connectivity index (χ1v) is 25.5. The Hall–Kier alpha value is -4.32. The van der Waals surface area contributed by atoms with E-state index in [1.165, 1.54) is 7.11 Å². The van der Waals surface area contributed by atoms with E-state index in [0.717, 1.165) is 64.2 Å². The zero-order valence-electron chi connectivity index (χ0n) is 42.9. The van der Waals surface area contributed by atoms with E-state index >= 15 is 0 Å². The van der Waals surface area contributed by atoms with Gasteiger partial charge in [0, 0.05) is 36.1 Å². The number of carbonyl (C=O) groups excluding carboxylic acids is 3. The number of ether oxygens (including phenoxy) is 3. The highest BCUT2D eigenvalue weighted by molar-refractivity contribution is 5.96. The molecule has 0 fully saturated rings. The van der Waals surface area contributed by atoms with Gasteiger partial charge in [0.25, 0.3) is 0 Å². The SMILES string of the molecule is CC/C=C\C/C=C\C/C=C\C/C=C\C/C=C\C/C=C\CCC(=O)NCCCC[C@H](NC(=O)C1=C[C@@H](OC(CC)CC)[C@H](C)[C@@H](N)C1)C(=O)OC.CCC(CC)O[C@@H]1C=C(C(=O)O)C[C@H](C)[C@H]1C. The van der Waals surface area contributed by atoms with Gasteiger partial charge >= 0.3 is 11.9 Å². The molecule has 11 nitrogen and oxygen atoms in total. The van der Waals surface area contributed by atoms with E-state index in [1.54, 1.807) is 0 Å². The molecule has 0 spiro atoms. The number of amides is 2. The molecule has 378 valence electrons. The lowest BCUT2D eigenvalue weighted by Gasteiger charge is -2.34. The average molecular weight is 934 g/mol. The number of carboxylic acid groups (broad SMARTS) is 1. The highest BCUT2D eigenvalue weighted by Crippen LogP contribution is 2.32. The first-order chi connectivity index (χ1) is 32.3. The van der Waals surface area contributed by atoms with Crippen LogP contribution in [-0.2, 0) is 33.4 Å². The van der Waals surface area contributed by atoms with Crippen LogP contribution in [0.4, 0.5) is 0 Å². The second-order valence-electron chi connectivity index (χ2n) is 17.9. The summed E-state index contributed by atoms with van der Waals surface area (Å²) in [4.78, 5) is 48.9. The largest absolute Gasteiger partial charge is 0.478 e. The lowest BCUT2D eigenvalue weighted by molar-refractivity contribution is -0.145. The van der Waals surface area contributed by atoms with E-state index in [0.29, 0.717) is 74.5 Å². The minimum Gasteiger partial charge on any atom is -0.478 e. The third-order valence-corrected chi connectivity index (χ3v) is 12.6. The monoisotopic (exact) mass is 934 g/mol. The lowest BCUT2D eigenvalue weighted by atomic mass is 9.80. The molecule has 0 saturated carbocycles. The van der Waals surface area contributed by atoms with E-state index in [4.69, 9.17) is 25.1 Å². The standard InChI is InChI=1S/C42H67N3O5.C14H24O3/c1-6-9-10-11-12-13-14-15-16-17-18-19-20-21-22-23-24-25-26-30-40(46)44-31-28-27-29-38(42(48)49-5)45-41(47)35-32-37(43)34(4)39(33-35)50-36(7-2)8-3;1-5-12(6-2)17-13-8-11(14(15)16)7-9(3)10(13)4/h9-10,12-13,15-16,18-19,21-22,24-25,33-34,36-39H,6-8,11,14,17,20,23,26-32,43H2,1-5H3,(H,44,46)(H,45,47);8-10,12-13H,5-7H2,1-4H3,(H,15,16)/b10-9-,13-12-,16-15-,19-18-,22-21-,25-24-;/t34-,37+,38+,39-;9-,10+,13+/m10/s1. The van der Waals surface area contributed by atoms with Gasteiger partial charge in [-0.15, -0.1) is 0 Å². The number of methoxy groups -OCH3 is 1. The summed E-state index contributed by atoms with van der Waals surface area (Å²) in [6.07, 6.45) is 43.2. The molecular weight excluding hydrogens is 843 g/mol. The van der Waals surface area contributed by atoms with Gasteiger partial charge in [0.15, 0.2) is 0 Å². The van der Waals surface area contributed by atoms with Crippen LogP contribution < -0.4 is 16.4 Å². The van der Waals surface area contributed by atoms with Gasteiger partial charge in [0.05, 0.1) is 31.5 Å². The predicted molar refractivity (Wildman–Crippen MR) is 275 cm³/mol. The minimum atomic E-state index is -0.804. The van der Waals surface area contributed by atoms with Gasteiger partial charge in [-0.1, -0.05) is 128 Å². The number of hydrogen-bond donors (Lipinski definition) is 4. The fraction of sp³-hybridized carbons (Fsp3) is 0.643. The Morgan fingerprint density at radius 1 is 0.687 bits per heavy atom. The van der Waals surface area contributed by atoms with Crippen molar-refractivity contribution in [3.63, 3.8) is 0 Å². The fourth-order valence-electron chi connectivity index (χ4n) is 7.72. The van der Waals surface area contributed by atoms with Crippen molar-refractivity contribution in [3.05, 3.63) is 96.2 Å². The zero-order chi connectivity index (χ0) is 49.8. The van der Waals surface area contributed by atoms with Crippen molar-refractivity contribution >= 4 is 23.8 Å². The first-order valence-electron chi connectivity index (χ1n) is 25.5. The molecule has 2 rings (SSSR count). The zero-order valence-corrected chi connectivity index (χ0v) is 42.9. The molecule has 0 radical (unpaired) electrons. The third-order valence-electron chi connectivity index (χ3n) is 12.6. The fourth-order valence-corrected chi connectivity index (χ4v) is 7.72. The van der Waals surface area contributed by atoms with Crippen LogP contribution in [-0.4, -0.2) is 79.0 Å². The maximum absolute atomic E-state index is 13.2. The van der Waals surface area contributed by atoms with Gasteiger partial charge < -0.3 is 35.7 Å². The Morgan fingerprint density at radius 3 is 1.64 bits per heavy atom. The maximum Gasteiger partial charge on any atom is 0.331 e. The quantitative estimate of drug-likeness (QED) is 0.0301. The smallest absolute Gasteiger partial charge is 0.331 e. The van der Waals surface area contributed by atoms with E-state index in [9.17, 15) is 19.2 Å². The maximum atomic E-state index is 13.2. The van der Waals surface area contributed by atoms with Gasteiger partial charge in [-0.05, 0) is 127 Å². The molecule has 0 bridgehead atoms. The molecule has 0 aliphatic heterocycles. The van der Waals surface area contributed by atoms with Crippen LogP contribution in [0.1, 0.15) is 165 Å². The molecule has 2 aliphatic rings. The predicted octanol–water partition coefficient (Wildman–Crippen LogP) is 11.5. The van der Waals surface area contributed by atoms with Crippen LogP contribution in [0.5, 0.6) is 0 Å². The number of hydrogen-bond acceptors (Lipinski definition) is 8. The summed E-state index contributed by atoms with van der Waals surface area (Å²) in [6.45, 7) is 17.3. The molecule has 0 aromatic heterocycles. The van der Waals surface area contributed by atoms with E-state index < -0.39 is 18.0 Å². The molecule has 2 amide bonds. The Kier molecular flexibility index (Phi) is 34.1. The summed E-state index contributed by atoms with van der Waals surface area (Å²) >= 11 is 0. The van der Waals surface area contributed by atoms with Crippen molar-refractivity contribution in [1.82, 2.24) is 10.6 Å². The minimum absolute atomic E-state index is 0.00214. The first kappa shape index (κ1) is 60.7. The second kappa shape index (κ2) is 37.6. The number of esters is 1. The van der Waals surface area contributed by atoms with Crippen LogP contribution >= 0.6 is 0 Å². The molecule has 2 aliphatic carbocycles. The molecule has 0 unspecified atom stereocenters. The number of rotatable bonds is 31. The second-order valence-corrected chi connectivity index (χ2v) is 17.9. The van der Waals surface area contributed by atoms with Crippen molar-refractivity contribution in [1.29, 1.82) is 0 Å². The number of aliphatic carboxylic acids is 1. The number of nitrogens with two attached hydrogens (primary N) is 1. The topological polar surface area (TPSA) is 166 Å². The van der Waals surface area contributed by atoms with Gasteiger partial charge in [-0.25, -0.2) is 9.59 Å². The Balaban J connectivity index is 0.00000110. The molecule has 11 heteroatoms. The van der Waals surface area contributed by atoms with Crippen molar-refractivity contribution < 1.29 is 38.5 Å². The molecule has 0 aromatic rings. The highest BCUT2D eigenvalue weighted by atomic mass is 16.5. The summed E-state index contributed by atoms with van der Waals surface area (Å²) in [5, 5.41) is 14.9. The molecule has 0 saturated heterocycles. The van der Waals surface area contributed by atoms with Crippen LogP contribution in [0, 0.1) is 17.8 Å². The number of nitrogens with one attached hydrogen (secondary N) is 2. The summed E-state index contributed by atoms with van der Waals surface area (Å²) in [7, 11) is 1.32. The van der Waals surface area contributed by atoms with Crippen LogP contribution in [0.25, 0.3) is 0 Å². The number of carbonyl (C=O) groups is 4. The van der Waals surface area contributed by atoms with E-state index in [2.05, 4.69) is 126 Å². The number of allylic oxidation sites excluding steroid dienone is 12. The van der Waals surface area contributed by atoms with Gasteiger partial charge in [-0.3, -0.25) is 9.59 Å². The number of unbranched alkanes of at least 4 members (excludes halogenated alkanes) is 1. The van der Waals surface area contributed by atoms with Crippen LogP contribution in [0.2, 0.25) is 0 Å². The molecule has 7 atom stereocenters. The van der Waals surface area contributed by atoms with Crippen LogP contribution in [0.15, 0.2) is 96.2 Å². The summed E-state index contributed by atoms with van der Waals surface area (Å²) < 4.78 is 17.2. The normalized spacial score (nSPS) is 21.7. The summed E-state index contributed by atoms with van der Waals surface area (Å²) in [6, 6.07) is -0.981.